The summed E-state index contributed by atoms with van der Waals surface area (Å²) in [6.07, 6.45) is 2.52. The molecular weight excluding hydrogens is 432 g/mol. The minimum Gasteiger partial charge on any atom is -0.481 e. The first kappa shape index (κ1) is 22.4. The van der Waals surface area contributed by atoms with Crippen LogP contribution in [0.4, 0.5) is 4.79 Å². The maximum atomic E-state index is 13.5. The van der Waals surface area contributed by atoms with Crippen molar-refractivity contribution in [1.29, 1.82) is 0 Å². The summed E-state index contributed by atoms with van der Waals surface area (Å²) >= 11 is 0. The quantitative estimate of drug-likeness (QED) is 0.696. The SMILES string of the molecule is CC1C(C(=O)O)CCCN1C(=O)C1(NC(=O)OCC2c3ccccc3-c3ccccc32)CCC1. The van der Waals surface area contributed by atoms with E-state index in [4.69, 9.17) is 4.74 Å². The van der Waals surface area contributed by atoms with Crippen LogP contribution in [0, 0.1) is 5.92 Å². The Hall–Kier alpha value is -3.35. The minimum atomic E-state index is -1.00. The van der Waals surface area contributed by atoms with E-state index in [1.807, 2.05) is 24.3 Å². The largest absolute Gasteiger partial charge is 0.481 e. The summed E-state index contributed by atoms with van der Waals surface area (Å²) in [5.74, 6) is -1.70. The van der Waals surface area contributed by atoms with Crippen molar-refractivity contribution >= 4 is 18.0 Å². The lowest BCUT2D eigenvalue weighted by atomic mass is 9.74. The maximum absolute atomic E-state index is 13.5. The van der Waals surface area contributed by atoms with Gasteiger partial charge in [-0.05, 0) is 61.3 Å². The van der Waals surface area contributed by atoms with Gasteiger partial charge in [-0.25, -0.2) is 4.79 Å². The summed E-state index contributed by atoms with van der Waals surface area (Å²) in [6.45, 7) is 2.48. The third-order valence-corrected chi connectivity index (χ3v) is 7.87. The van der Waals surface area contributed by atoms with Gasteiger partial charge in [0.25, 0.3) is 0 Å². The van der Waals surface area contributed by atoms with Crippen molar-refractivity contribution in [1.82, 2.24) is 10.2 Å². The van der Waals surface area contributed by atoms with E-state index in [1.54, 1.807) is 11.8 Å². The number of hydrogen-bond donors (Lipinski definition) is 2. The first-order chi connectivity index (χ1) is 16.4. The van der Waals surface area contributed by atoms with Gasteiger partial charge in [0.05, 0.1) is 5.92 Å². The van der Waals surface area contributed by atoms with Crippen LogP contribution in [0.3, 0.4) is 0 Å². The highest BCUT2D eigenvalue weighted by Gasteiger charge is 2.50. The molecule has 2 fully saturated rings. The first-order valence-corrected chi connectivity index (χ1v) is 12.1. The lowest BCUT2D eigenvalue weighted by Crippen LogP contribution is -2.66. The molecule has 2 amide bonds. The molecule has 2 unspecified atom stereocenters. The summed E-state index contributed by atoms with van der Waals surface area (Å²) < 4.78 is 5.68. The van der Waals surface area contributed by atoms with Gasteiger partial charge in [0, 0.05) is 18.5 Å². The smallest absolute Gasteiger partial charge is 0.408 e. The van der Waals surface area contributed by atoms with Crippen molar-refractivity contribution in [3.8, 4) is 11.1 Å². The van der Waals surface area contributed by atoms with E-state index in [0.29, 0.717) is 32.2 Å². The van der Waals surface area contributed by atoms with Crippen LogP contribution in [0.25, 0.3) is 11.1 Å². The highest BCUT2D eigenvalue weighted by Crippen LogP contribution is 2.44. The van der Waals surface area contributed by atoms with E-state index in [-0.39, 0.29) is 18.4 Å². The molecular formula is C27H30N2O5. The van der Waals surface area contributed by atoms with E-state index >= 15 is 0 Å². The third kappa shape index (κ3) is 3.73. The molecule has 5 rings (SSSR count). The number of alkyl carbamates (subject to hydrolysis) is 1. The standard InChI is InChI=1S/C27H30N2O5/c1-17-18(24(30)31)12-6-15-29(17)25(32)27(13-7-14-27)28-26(33)34-16-23-21-10-4-2-8-19(21)20-9-3-5-11-22(20)23/h2-5,8-11,17-18,23H,6-7,12-16H2,1H3,(H,28,33)(H,30,31). The van der Waals surface area contributed by atoms with Crippen molar-refractivity contribution in [2.45, 2.75) is 56.5 Å². The number of piperidine rings is 1. The van der Waals surface area contributed by atoms with Gasteiger partial charge in [0.15, 0.2) is 0 Å². The molecule has 7 heteroatoms. The number of hydrogen-bond acceptors (Lipinski definition) is 4. The average molecular weight is 463 g/mol. The highest BCUT2D eigenvalue weighted by atomic mass is 16.5. The molecule has 2 N–H and O–H groups in total. The Labute approximate surface area is 199 Å². The normalized spacial score (nSPS) is 22.8. The van der Waals surface area contributed by atoms with Gasteiger partial charge in [-0.2, -0.15) is 0 Å². The number of nitrogens with zero attached hydrogens (tertiary/aromatic N) is 1. The number of fused-ring (bicyclic) bond motifs is 3. The molecule has 1 heterocycles. The zero-order valence-electron chi connectivity index (χ0n) is 19.3. The lowest BCUT2D eigenvalue weighted by Gasteiger charge is -2.47. The Morgan fingerprint density at radius 3 is 2.21 bits per heavy atom. The fourth-order valence-electron chi connectivity index (χ4n) is 5.79. The van der Waals surface area contributed by atoms with Gasteiger partial charge >= 0.3 is 12.1 Å². The van der Waals surface area contributed by atoms with E-state index in [2.05, 4.69) is 29.6 Å². The number of carbonyl (C=O) groups is 3. The van der Waals surface area contributed by atoms with Gasteiger partial charge < -0.3 is 20.1 Å². The molecule has 1 aliphatic heterocycles. The summed E-state index contributed by atoms with van der Waals surface area (Å²) in [7, 11) is 0. The fraction of sp³-hybridized carbons (Fsp3) is 0.444. The molecule has 2 atom stereocenters. The number of amides is 2. The van der Waals surface area contributed by atoms with Crippen LogP contribution in [0.5, 0.6) is 0 Å². The summed E-state index contributed by atoms with van der Waals surface area (Å²) in [5, 5.41) is 12.4. The van der Waals surface area contributed by atoms with E-state index < -0.39 is 29.6 Å². The minimum absolute atomic E-state index is 0.0513. The highest BCUT2D eigenvalue weighted by molar-refractivity contribution is 5.91. The van der Waals surface area contributed by atoms with Crippen molar-refractivity contribution in [2.75, 3.05) is 13.2 Å². The number of carboxylic acid groups (broad SMARTS) is 1. The third-order valence-electron chi connectivity index (χ3n) is 7.87. The molecule has 2 aromatic carbocycles. The summed E-state index contributed by atoms with van der Waals surface area (Å²) in [6, 6.07) is 15.9. The fourth-order valence-corrected chi connectivity index (χ4v) is 5.79. The molecule has 2 aromatic rings. The zero-order chi connectivity index (χ0) is 23.9. The molecule has 0 bridgehead atoms. The van der Waals surface area contributed by atoms with Crippen molar-refractivity contribution in [3.63, 3.8) is 0 Å². The van der Waals surface area contributed by atoms with Crippen LogP contribution in [-0.2, 0) is 14.3 Å². The van der Waals surface area contributed by atoms with Gasteiger partial charge in [0.2, 0.25) is 5.91 Å². The Balaban J connectivity index is 1.27. The number of carboxylic acids is 1. The predicted molar refractivity (Wildman–Crippen MR) is 126 cm³/mol. The number of aliphatic carboxylic acids is 1. The molecule has 178 valence electrons. The Kier molecular flexibility index (Phi) is 5.80. The van der Waals surface area contributed by atoms with Gasteiger partial charge in [-0.3, -0.25) is 9.59 Å². The Bertz CT molecular complexity index is 1080. The molecule has 7 nitrogen and oxygen atoms in total. The molecule has 0 aromatic heterocycles. The van der Waals surface area contributed by atoms with Crippen LogP contribution < -0.4 is 5.32 Å². The number of carbonyl (C=O) groups excluding carboxylic acids is 2. The number of likely N-dealkylation sites (tertiary alicyclic amines) is 1. The lowest BCUT2D eigenvalue weighted by molar-refractivity contribution is -0.153. The maximum Gasteiger partial charge on any atom is 0.408 e. The van der Waals surface area contributed by atoms with E-state index in [0.717, 1.165) is 28.7 Å². The summed E-state index contributed by atoms with van der Waals surface area (Å²) in [4.78, 5) is 39.6. The number of ether oxygens (including phenoxy) is 1. The second-order valence-corrected chi connectivity index (χ2v) is 9.71. The Morgan fingerprint density at radius 2 is 1.65 bits per heavy atom. The monoisotopic (exact) mass is 462 g/mol. The topological polar surface area (TPSA) is 95.9 Å². The zero-order valence-corrected chi connectivity index (χ0v) is 19.3. The molecule has 34 heavy (non-hydrogen) atoms. The predicted octanol–water partition coefficient (Wildman–Crippen LogP) is 4.16. The van der Waals surface area contributed by atoms with Crippen LogP contribution in [0.15, 0.2) is 48.5 Å². The van der Waals surface area contributed by atoms with Gasteiger partial charge in [-0.15, -0.1) is 0 Å². The molecule has 0 spiro atoms. The van der Waals surface area contributed by atoms with Crippen LogP contribution in [0.1, 0.15) is 56.1 Å². The average Bonchev–Trinajstić information content (AvgIpc) is 3.13. The molecule has 1 saturated heterocycles. The van der Waals surface area contributed by atoms with Crippen molar-refractivity contribution in [3.05, 3.63) is 59.7 Å². The number of benzene rings is 2. The second-order valence-electron chi connectivity index (χ2n) is 9.71. The number of rotatable bonds is 5. The molecule has 1 saturated carbocycles. The van der Waals surface area contributed by atoms with Crippen molar-refractivity contribution in [2.24, 2.45) is 5.92 Å². The van der Waals surface area contributed by atoms with Crippen LogP contribution in [-0.4, -0.2) is 52.7 Å². The van der Waals surface area contributed by atoms with E-state index in [1.165, 1.54) is 0 Å². The first-order valence-electron chi connectivity index (χ1n) is 12.1. The molecule has 2 aliphatic carbocycles. The number of nitrogens with one attached hydrogen (secondary N) is 1. The van der Waals surface area contributed by atoms with Gasteiger partial charge in [0.1, 0.15) is 12.1 Å². The molecule has 3 aliphatic rings. The Morgan fingerprint density at radius 1 is 1.03 bits per heavy atom. The van der Waals surface area contributed by atoms with E-state index in [9.17, 15) is 19.5 Å². The van der Waals surface area contributed by atoms with Crippen molar-refractivity contribution < 1.29 is 24.2 Å². The van der Waals surface area contributed by atoms with Crippen LogP contribution in [0.2, 0.25) is 0 Å². The van der Waals surface area contributed by atoms with Crippen LogP contribution >= 0.6 is 0 Å². The van der Waals surface area contributed by atoms with Gasteiger partial charge in [-0.1, -0.05) is 48.5 Å². The molecule has 0 radical (unpaired) electrons. The summed E-state index contributed by atoms with van der Waals surface area (Å²) in [5.41, 5.74) is 3.58. The second kappa shape index (κ2) is 8.78.